The van der Waals surface area contributed by atoms with Crippen LogP contribution in [-0.4, -0.2) is 23.6 Å². The Labute approximate surface area is 185 Å². The van der Waals surface area contributed by atoms with Gasteiger partial charge < -0.3 is 14.6 Å². The number of carbonyl (C=O) groups excluding carboxylic acids is 2. The van der Waals surface area contributed by atoms with E-state index in [1.54, 1.807) is 6.92 Å². The molecule has 0 bridgehead atoms. The number of aryl methyl sites for hydroxylation is 1. The lowest BCUT2D eigenvalue weighted by Crippen LogP contribution is -2.17. The molecule has 0 radical (unpaired) electrons. The lowest BCUT2D eigenvalue weighted by Gasteiger charge is -2.18. The molecule has 162 valence electrons. The zero-order valence-corrected chi connectivity index (χ0v) is 18.8. The van der Waals surface area contributed by atoms with E-state index in [-0.39, 0.29) is 11.9 Å². The van der Waals surface area contributed by atoms with E-state index in [1.165, 1.54) is 11.3 Å². The minimum atomic E-state index is -0.366. The van der Waals surface area contributed by atoms with E-state index < -0.39 is 0 Å². The summed E-state index contributed by atoms with van der Waals surface area (Å²) in [5, 5.41) is 7.62. The number of ether oxygens (including phenoxy) is 1. The highest BCUT2D eigenvalue weighted by molar-refractivity contribution is 7.17. The Kier molecular flexibility index (Phi) is 6.23. The van der Waals surface area contributed by atoms with Gasteiger partial charge in [0.15, 0.2) is 0 Å². The zero-order chi connectivity index (χ0) is 22.0. The summed E-state index contributed by atoms with van der Waals surface area (Å²) in [5.74, 6) is 0.281. The topological polar surface area (TPSA) is 81.4 Å². The van der Waals surface area contributed by atoms with Crippen LogP contribution in [-0.2, 0) is 17.6 Å². The molecule has 31 heavy (non-hydrogen) atoms. The van der Waals surface area contributed by atoms with Gasteiger partial charge in [0.1, 0.15) is 22.0 Å². The van der Waals surface area contributed by atoms with Crippen LogP contribution in [0, 0.1) is 12.8 Å². The minimum Gasteiger partial charge on any atom is -0.462 e. The molecule has 6 nitrogen and oxygen atoms in total. The molecule has 1 aliphatic carbocycles. The van der Waals surface area contributed by atoms with Crippen molar-refractivity contribution in [3.05, 3.63) is 57.7 Å². The summed E-state index contributed by atoms with van der Waals surface area (Å²) in [5.41, 5.74) is 3.18. The lowest BCUT2D eigenvalue weighted by atomic mass is 9.88. The molecule has 2 heterocycles. The van der Waals surface area contributed by atoms with E-state index in [4.69, 9.17) is 9.26 Å². The number of aromatic nitrogens is 1. The first-order chi connectivity index (χ1) is 15.0. The fourth-order valence-electron chi connectivity index (χ4n) is 3.92. The van der Waals surface area contributed by atoms with Crippen LogP contribution in [0.15, 0.2) is 34.9 Å². The Hall–Kier alpha value is -2.93. The first-order valence-electron chi connectivity index (χ1n) is 10.6. The van der Waals surface area contributed by atoms with E-state index in [0.29, 0.717) is 40.1 Å². The number of esters is 1. The van der Waals surface area contributed by atoms with Gasteiger partial charge in [0.2, 0.25) is 0 Å². The molecule has 2 aromatic heterocycles. The molecule has 0 spiro atoms. The number of hydrogen-bond donors (Lipinski definition) is 1. The van der Waals surface area contributed by atoms with Crippen molar-refractivity contribution in [1.82, 2.24) is 5.16 Å². The van der Waals surface area contributed by atoms with E-state index in [2.05, 4.69) is 17.4 Å². The Morgan fingerprint density at radius 3 is 2.77 bits per heavy atom. The average molecular weight is 439 g/mol. The number of carbonyl (C=O) groups is 2. The highest BCUT2D eigenvalue weighted by atomic mass is 32.1. The van der Waals surface area contributed by atoms with Crippen LogP contribution >= 0.6 is 11.3 Å². The van der Waals surface area contributed by atoms with Crippen molar-refractivity contribution in [2.75, 3.05) is 11.9 Å². The number of fused-ring (bicyclic) bond motifs is 1. The van der Waals surface area contributed by atoms with Crippen molar-refractivity contribution in [3.8, 4) is 11.3 Å². The van der Waals surface area contributed by atoms with Crippen molar-refractivity contribution in [2.45, 2.75) is 46.5 Å². The van der Waals surface area contributed by atoms with Crippen LogP contribution in [0.4, 0.5) is 5.00 Å². The van der Waals surface area contributed by atoms with Crippen molar-refractivity contribution in [2.24, 2.45) is 5.92 Å². The maximum atomic E-state index is 13.3. The molecule has 4 rings (SSSR count). The van der Waals surface area contributed by atoms with Crippen LogP contribution in [0.3, 0.4) is 0 Å². The Balaban J connectivity index is 1.69. The van der Waals surface area contributed by atoms with E-state index >= 15 is 0 Å². The summed E-state index contributed by atoms with van der Waals surface area (Å²) in [6.45, 7) is 6.24. The van der Waals surface area contributed by atoms with E-state index in [1.807, 2.05) is 37.3 Å². The number of thiophene rings is 1. The number of nitrogens with zero attached hydrogens (tertiary/aromatic N) is 1. The first-order valence-corrected chi connectivity index (χ1v) is 11.5. The van der Waals surface area contributed by atoms with Crippen molar-refractivity contribution in [1.29, 1.82) is 0 Å². The van der Waals surface area contributed by atoms with Gasteiger partial charge in [-0.1, -0.05) is 49.3 Å². The standard InChI is InChI=1S/C24H26N2O4S/c1-4-12-29-24(28)20-17-11-10-14(2)13-18(17)31-23(20)25-22(27)19-15(3)30-26-21(19)16-8-6-5-7-9-16/h5-9,14H,4,10-13H2,1-3H3,(H,25,27). The van der Waals surface area contributed by atoms with Crippen LogP contribution in [0.25, 0.3) is 11.3 Å². The van der Waals surface area contributed by atoms with Gasteiger partial charge in [-0.2, -0.15) is 0 Å². The summed E-state index contributed by atoms with van der Waals surface area (Å²) in [7, 11) is 0. The maximum absolute atomic E-state index is 13.3. The molecule has 0 fully saturated rings. The molecular formula is C24H26N2O4S. The highest BCUT2D eigenvalue weighted by Gasteiger charge is 2.30. The smallest absolute Gasteiger partial charge is 0.341 e. The molecule has 1 amide bonds. The SMILES string of the molecule is CCCOC(=O)c1c(NC(=O)c2c(-c3ccccc3)noc2C)sc2c1CCC(C)C2. The number of amides is 1. The molecule has 3 aromatic rings. The molecule has 1 atom stereocenters. The van der Waals surface area contributed by atoms with Gasteiger partial charge in [-0.3, -0.25) is 4.79 Å². The van der Waals surface area contributed by atoms with E-state index in [0.717, 1.165) is 41.7 Å². The molecule has 1 aliphatic rings. The Morgan fingerprint density at radius 2 is 2.03 bits per heavy atom. The Bertz CT molecular complexity index is 1100. The van der Waals surface area contributed by atoms with Crippen LogP contribution in [0.1, 0.15) is 63.6 Å². The number of benzene rings is 1. The van der Waals surface area contributed by atoms with Gasteiger partial charge in [-0.05, 0) is 44.1 Å². The number of anilines is 1. The van der Waals surface area contributed by atoms with Gasteiger partial charge in [0.05, 0.1) is 12.2 Å². The summed E-state index contributed by atoms with van der Waals surface area (Å²) < 4.78 is 10.8. The normalized spacial score (nSPS) is 15.4. The Morgan fingerprint density at radius 1 is 1.26 bits per heavy atom. The third-order valence-electron chi connectivity index (χ3n) is 5.52. The second-order valence-corrected chi connectivity index (χ2v) is 9.08. The fraction of sp³-hybridized carbons (Fsp3) is 0.375. The molecule has 1 unspecified atom stereocenters. The van der Waals surface area contributed by atoms with Crippen molar-refractivity contribution in [3.63, 3.8) is 0 Å². The third-order valence-corrected chi connectivity index (χ3v) is 6.69. The predicted octanol–water partition coefficient (Wildman–Crippen LogP) is 5.66. The fourth-order valence-corrected chi connectivity index (χ4v) is 5.31. The molecule has 0 saturated carbocycles. The van der Waals surface area contributed by atoms with Gasteiger partial charge >= 0.3 is 5.97 Å². The van der Waals surface area contributed by atoms with Crippen LogP contribution in [0.5, 0.6) is 0 Å². The molecule has 1 N–H and O–H groups in total. The minimum absolute atomic E-state index is 0.339. The predicted molar refractivity (Wildman–Crippen MR) is 121 cm³/mol. The largest absolute Gasteiger partial charge is 0.462 e. The maximum Gasteiger partial charge on any atom is 0.341 e. The van der Waals surface area contributed by atoms with Crippen molar-refractivity contribution >= 4 is 28.2 Å². The quantitative estimate of drug-likeness (QED) is 0.503. The lowest BCUT2D eigenvalue weighted by molar-refractivity contribution is 0.0505. The molecule has 0 saturated heterocycles. The van der Waals surface area contributed by atoms with Gasteiger partial charge in [-0.25, -0.2) is 4.79 Å². The van der Waals surface area contributed by atoms with Crippen LogP contribution in [0.2, 0.25) is 0 Å². The molecular weight excluding hydrogens is 412 g/mol. The first kappa shape index (κ1) is 21.3. The summed E-state index contributed by atoms with van der Waals surface area (Å²) in [4.78, 5) is 27.3. The van der Waals surface area contributed by atoms with Crippen LogP contribution < -0.4 is 5.32 Å². The zero-order valence-electron chi connectivity index (χ0n) is 18.0. The summed E-state index contributed by atoms with van der Waals surface area (Å²) in [6.07, 6.45) is 3.50. The summed E-state index contributed by atoms with van der Waals surface area (Å²) in [6, 6.07) is 9.44. The second-order valence-electron chi connectivity index (χ2n) is 7.97. The van der Waals surface area contributed by atoms with Crippen molar-refractivity contribution < 1.29 is 18.8 Å². The van der Waals surface area contributed by atoms with Gasteiger partial charge in [-0.15, -0.1) is 11.3 Å². The number of nitrogens with one attached hydrogen (secondary N) is 1. The molecule has 0 aliphatic heterocycles. The average Bonchev–Trinajstić information content (AvgIpc) is 3.32. The number of hydrogen-bond acceptors (Lipinski definition) is 6. The monoisotopic (exact) mass is 438 g/mol. The van der Waals surface area contributed by atoms with Gasteiger partial charge in [0.25, 0.3) is 5.91 Å². The third kappa shape index (κ3) is 4.28. The van der Waals surface area contributed by atoms with Gasteiger partial charge in [0, 0.05) is 10.4 Å². The number of rotatable bonds is 6. The molecule has 1 aromatic carbocycles. The van der Waals surface area contributed by atoms with E-state index in [9.17, 15) is 9.59 Å². The summed E-state index contributed by atoms with van der Waals surface area (Å²) >= 11 is 1.48. The second kappa shape index (κ2) is 9.06. The highest BCUT2D eigenvalue weighted by Crippen LogP contribution is 2.40. The molecule has 7 heteroatoms.